The number of fused-ring (bicyclic) bond motifs is 1. The van der Waals surface area contributed by atoms with Gasteiger partial charge in [0.2, 0.25) is 5.89 Å². The van der Waals surface area contributed by atoms with Crippen LogP contribution in [0.5, 0.6) is 5.75 Å². The number of halogens is 1. The molecule has 1 aromatic heterocycles. The predicted octanol–water partition coefficient (Wildman–Crippen LogP) is 5.74. The van der Waals surface area contributed by atoms with E-state index in [-0.39, 0.29) is 41.1 Å². The topological polar surface area (TPSA) is 172 Å². The molecule has 0 atom stereocenters. The summed E-state index contributed by atoms with van der Waals surface area (Å²) in [6, 6.07) is 14.9. The number of hydrogen-bond donors (Lipinski definition) is 2. The van der Waals surface area contributed by atoms with Gasteiger partial charge in [-0.2, -0.15) is 10.5 Å². The van der Waals surface area contributed by atoms with Crippen molar-refractivity contribution in [2.75, 3.05) is 20.0 Å². The number of carbonyl (C=O) groups excluding carboxylic acids is 2. The van der Waals surface area contributed by atoms with Crippen LogP contribution in [0.2, 0.25) is 0 Å². The second kappa shape index (κ2) is 12.4. The van der Waals surface area contributed by atoms with Gasteiger partial charge in [0.1, 0.15) is 17.7 Å². The summed E-state index contributed by atoms with van der Waals surface area (Å²) in [5.41, 5.74) is 8.55. The third-order valence-electron chi connectivity index (χ3n) is 5.21. The Balaban J connectivity index is 0.000000407. The van der Waals surface area contributed by atoms with Gasteiger partial charge in [0, 0.05) is 13.0 Å². The summed E-state index contributed by atoms with van der Waals surface area (Å²) in [5, 5.41) is 27.2. The lowest BCUT2D eigenvalue weighted by Crippen LogP contribution is -2.03. The maximum absolute atomic E-state index is 11.7. The lowest BCUT2D eigenvalue weighted by molar-refractivity contribution is 0.0592. The summed E-state index contributed by atoms with van der Waals surface area (Å²) in [6.45, 7) is 1.94. The summed E-state index contributed by atoms with van der Waals surface area (Å²) in [4.78, 5) is 27.2. The van der Waals surface area contributed by atoms with Crippen LogP contribution in [0.25, 0.3) is 22.6 Å². The van der Waals surface area contributed by atoms with Crippen LogP contribution >= 0.6 is 15.9 Å². The number of oxazole rings is 1. The molecule has 0 bridgehead atoms. The molecular formula is C27H25BrN4O6. The lowest BCUT2D eigenvalue weighted by Gasteiger charge is -2.04. The number of aromatic nitrogens is 1. The number of methoxy groups -OCH3 is 2. The third kappa shape index (κ3) is 5.91. The van der Waals surface area contributed by atoms with Crippen LogP contribution < -0.4 is 5.73 Å². The Morgan fingerprint density at radius 2 is 1.66 bits per heavy atom. The van der Waals surface area contributed by atoms with E-state index in [9.17, 15) is 20.0 Å². The summed E-state index contributed by atoms with van der Waals surface area (Å²) in [7, 11) is 2.51. The Hall–Kier alpha value is -4.87. The molecule has 0 fully saturated rings. The molecular weight excluding hydrogens is 556 g/mol. The average Bonchev–Trinajstić information content (AvgIpc) is 3.39. The molecule has 4 rings (SSSR count). The molecule has 10 nitrogen and oxygen atoms in total. The molecule has 4 aromatic rings. The molecule has 1 heterocycles. The summed E-state index contributed by atoms with van der Waals surface area (Å²) in [5.74, 6) is -1.04. The minimum atomic E-state index is -0.604. The number of anilines is 1. The van der Waals surface area contributed by atoms with E-state index in [2.05, 4.69) is 25.7 Å². The van der Waals surface area contributed by atoms with Gasteiger partial charge in [-0.3, -0.25) is 0 Å². The number of hydrogen-bond acceptors (Lipinski definition) is 10. The number of nitriles is 2. The van der Waals surface area contributed by atoms with Gasteiger partial charge in [0.15, 0.2) is 11.3 Å². The monoisotopic (exact) mass is 582 g/mol. The highest BCUT2D eigenvalue weighted by molar-refractivity contribution is 9.10. The fraction of sp³-hybridized carbons (Fsp3) is 0.148. The SMILES string of the molecule is C.COC(=O)c1cc(C#N)c2oc(-c3cccc(Br)c3C)nc2c1.COC(=O)c1cc(N)c(O)c(C#N)c1.[2H][2H]. The van der Waals surface area contributed by atoms with Crippen molar-refractivity contribution >= 4 is 44.7 Å². The molecule has 0 radical (unpaired) electrons. The highest BCUT2D eigenvalue weighted by Gasteiger charge is 2.18. The number of aromatic hydroxyl groups is 1. The number of nitrogens with zero attached hydrogens (tertiary/aromatic N) is 3. The van der Waals surface area contributed by atoms with Crippen LogP contribution in [0.3, 0.4) is 0 Å². The van der Waals surface area contributed by atoms with Gasteiger partial charge in [0.05, 0.1) is 42.2 Å². The lowest BCUT2D eigenvalue weighted by atomic mass is 10.1. The number of nitrogen functional groups attached to an aromatic ring is 1. The number of nitrogens with two attached hydrogens (primary N) is 1. The van der Waals surface area contributed by atoms with Crippen LogP contribution in [0, 0.1) is 29.6 Å². The van der Waals surface area contributed by atoms with Crippen molar-refractivity contribution in [2.45, 2.75) is 14.4 Å². The molecule has 0 aliphatic carbocycles. The van der Waals surface area contributed by atoms with E-state index in [0.717, 1.165) is 15.6 Å². The second-order valence-corrected chi connectivity index (χ2v) is 8.33. The minimum Gasteiger partial charge on any atom is -0.504 e. The van der Waals surface area contributed by atoms with Crippen molar-refractivity contribution in [3.8, 4) is 29.3 Å². The van der Waals surface area contributed by atoms with Gasteiger partial charge in [-0.15, -0.1) is 0 Å². The van der Waals surface area contributed by atoms with Crippen LogP contribution in [-0.4, -0.2) is 36.2 Å². The Kier molecular flexibility index (Phi) is 9.04. The fourth-order valence-corrected chi connectivity index (χ4v) is 3.65. The predicted molar refractivity (Wildman–Crippen MR) is 145 cm³/mol. The molecule has 38 heavy (non-hydrogen) atoms. The number of rotatable bonds is 3. The smallest absolute Gasteiger partial charge is 0.337 e. The first-order valence-electron chi connectivity index (χ1n) is 11.4. The number of esters is 2. The number of phenolic OH excluding ortho intramolecular Hbond substituents is 1. The molecule has 0 unspecified atom stereocenters. The first-order chi connectivity index (χ1) is 18.6. The second-order valence-electron chi connectivity index (χ2n) is 7.47. The Morgan fingerprint density at radius 3 is 2.24 bits per heavy atom. The molecule has 196 valence electrons. The summed E-state index contributed by atoms with van der Waals surface area (Å²) in [6.07, 6.45) is 0. The first-order valence-corrected chi connectivity index (χ1v) is 11.2. The average molecular weight is 583 g/mol. The Morgan fingerprint density at radius 1 is 1.08 bits per heavy atom. The maximum Gasteiger partial charge on any atom is 0.337 e. The van der Waals surface area contributed by atoms with Crippen molar-refractivity contribution in [3.63, 3.8) is 0 Å². The number of benzene rings is 3. The molecule has 3 aromatic carbocycles. The number of carbonyl (C=O) groups is 2. The van der Waals surface area contributed by atoms with Gasteiger partial charge in [-0.25, -0.2) is 14.6 Å². The largest absolute Gasteiger partial charge is 0.504 e. The van der Waals surface area contributed by atoms with Crippen LogP contribution in [0.15, 0.2) is 51.4 Å². The highest BCUT2D eigenvalue weighted by Crippen LogP contribution is 2.32. The normalized spacial score (nSPS) is 9.95. The van der Waals surface area contributed by atoms with Crippen LogP contribution in [0.1, 0.15) is 47.8 Å². The molecule has 0 saturated heterocycles. The molecule has 0 amide bonds. The van der Waals surface area contributed by atoms with E-state index in [1.807, 2.05) is 31.2 Å². The van der Waals surface area contributed by atoms with E-state index in [0.29, 0.717) is 17.0 Å². The van der Waals surface area contributed by atoms with E-state index < -0.39 is 11.9 Å². The molecule has 0 saturated carbocycles. The Bertz CT molecular complexity index is 1630. The molecule has 0 aliphatic rings. The van der Waals surface area contributed by atoms with Crippen LogP contribution in [-0.2, 0) is 9.47 Å². The van der Waals surface area contributed by atoms with Crippen LogP contribution in [0.4, 0.5) is 5.69 Å². The molecule has 11 heteroatoms. The fourth-order valence-electron chi connectivity index (χ4n) is 3.28. The molecule has 0 aliphatic heterocycles. The highest BCUT2D eigenvalue weighted by atomic mass is 79.9. The van der Waals surface area contributed by atoms with Crippen molar-refractivity contribution in [2.24, 2.45) is 0 Å². The number of ether oxygens (including phenoxy) is 2. The molecule has 3 N–H and O–H groups in total. The van der Waals surface area contributed by atoms with E-state index in [4.69, 9.17) is 23.1 Å². The molecule has 0 spiro atoms. The summed E-state index contributed by atoms with van der Waals surface area (Å²) < 4.78 is 25.9. The standard InChI is InChI=1S/C17H11BrN2O3.C9H8N2O3.CH4.H2/c1-9-12(4-3-5-13(9)18)16-20-14-7-10(17(21)22-2)6-11(8-19)15(14)23-16;1-14-9(13)5-2-6(4-10)8(12)7(11)3-5;;/h3-7H,1-2H3;2-3,12H,11H2,1H3;1H4;1H/i;;;1+1D. The number of phenols is 1. The van der Waals surface area contributed by atoms with Gasteiger partial charge < -0.3 is 24.7 Å². The zero-order valence-corrected chi connectivity index (χ0v) is 21.4. The van der Waals surface area contributed by atoms with Crippen molar-refractivity contribution in [3.05, 3.63) is 74.8 Å². The van der Waals surface area contributed by atoms with Crippen molar-refractivity contribution in [1.82, 2.24) is 4.98 Å². The third-order valence-corrected chi connectivity index (χ3v) is 6.07. The van der Waals surface area contributed by atoms with E-state index in [1.54, 1.807) is 12.1 Å². The van der Waals surface area contributed by atoms with Gasteiger partial charge in [0.25, 0.3) is 0 Å². The van der Waals surface area contributed by atoms with Crippen molar-refractivity contribution < 1.29 is 31.6 Å². The van der Waals surface area contributed by atoms with Gasteiger partial charge in [-0.1, -0.05) is 29.4 Å². The Labute approximate surface area is 230 Å². The first kappa shape index (κ1) is 27.7. The summed E-state index contributed by atoms with van der Waals surface area (Å²) >= 11 is 3.47. The van der Waals surface area contributed by atoms with Gasteiger partial charge >= 0.3 is 11.9 Å². The van der Waals surface area contributed by atoms with E-state index >= 15 is 0 Å². The quantitative estimate of drug-likeness (QED) is 0.172. The van der Waals surface area contributed by atoms with E-state index in [1.165, 1.54) is 32.4 Å². The van der Waals surface area contributed by atoms with Gasteiger partial charge in [-0.05, 0) is 48.9 Å². The van der Waals surface area contributed by atoms with Crippen molar-refractivity contribution in [1.29, 1.82) is 10.5 Å². The minimum absolute atomic E-state index is 0. The zero-order chi connectivity index (χ0) is 29.3. The maximum atomic E-state index is 11.7. The zero-order valence-electron chi connectivity index (χ0n) is 21.8.